The Labute approximate surface area is 205 Å². The molecule has 7 heteroatoms. The average Bonchev–Trinajstić information content (AvgIpc) is 2.80. The van der Waals surface area contributed by atoms with E-state index in [4.69, 9.17) is 4.74 Å². The molecule has 1 unspecified atom stereocenters. The van der Waals surface area contributed by atoms with E-state index < -0.39 is 29.0 Å². The number of benzene rings is 2. The first-order valence-corrected chi connectivity index (χ1v) is 12.7. The van der Waals surface area contributed by atoms with Crippen molar-refractivity contribution in [3.63, 3.8) is 0 Å². The number of hydrogen-bond donors (Lipinski definition) is 2. The molecule has 0 bridgehead atoms. The highest BCUT2D eigenvalue weighted by Gasteiger charge is 2.52. The van der Waals surface area contributed by atoms with E-state index in [1.807, 2.05) is 26.8 Å². The number of carboxylic acids is 1. The Morgan fingerprint density at radius 1 is 1.17 bits per heavy atom. The molecule has 0 aromatic heterocycles. The van der Waals surface area contributed by atoms with Gasteiger partial charge in [0.05, 0.1) is 12.0 Å². The van der Waals surface area contributed by atoms with Crippen LogP contribution in [0.2, 0.25) is 0 Å². The third kappa shape index (κ3) is 5.16. The van der Waals surface area contributed by atoms with Gasteiger partial charge in [-0.2, -0.15) is 13.2 Å². The minimum atomic E-state index is -4.55. The molecule has 0 spiro atoms. The van der Waals surface area contributed by atoms with Crippen LogP contribution in [0.4, 0.5) is 13.2 Å². The van der Waals surface area contributed by atoms with E-state index in [-0.39, 0.29) is 29.3 Å². The molecular formula is C28H36F3NO3. The van der Waals surface area contributed by atoms with Crippen LogP contribution in [0.1, 0.15) is 83.4 Å². The summed E-state index contributed by atoms with van der Waals surface area (Å²) in [5.41, 5.74) is -0.402. The molecule has 0 heterocycles. The molecule has 2 aliphatic rings. The van der Waals surface area contributed by atoms with Gasteiger partial charge in [-0.15, -0.1) is 0 Å². The van der Waals surface area contributed by atoms with Crippen LogP contribution in [0.25, 0.3) is 10.8 Å². The average molecular weight is 492 g/mol. The summed E-state index contributed by atoms with van der Waals surface area (Å²) in [6, 6.07) is 8.08. The van der Waals surface area contributed by atoms with E-state index in [0.717, 1.165) is 37.7 Å². The second kappa shape index (κ2) is 9.64. The molecule has 2 aliphatic carbocycles. The maximum absolute atomic E-state index is 14.3. The maximum Gasteiger partial charge on any atom is 0.420 e. The summed E-state index contributed by atoms with van der Waals surface area (Å²) >= 11 is 0. The van der Waals surface area contributed by atoms with E-state index in [0.29, 0.717) is 17.7 Å². The highest BCUT2D eigenvalue weighted by molar-refractivity contribution is 5.89. The minimum Gasteiger partial charge on any atom is -0.490 e. The summed E-state index contributed by atoms with van der Waals surface area (Å²) in [4.78, 5) is 11.4. The van der Waals surface area contributed by atoms with Crippen molar-refractivity contribution in [2.45, 2.75) is 90.6 Å². The van der Waals surface area contributed by atoms with Gasteiger partial charge in [0.15, 0.2) is 0 Å². The van der Waals surface area contributed by atoms with E-state index in [2.05, 4.69) is 12.2 Å². The van der Waals surface area contributed by atoms with Gasteiger partial charge >= 0.3 is 12.1 Å². The van der Waals surface area contributed by atoms with Gasteiger partial charge in [0.2, 0.25) is 0 Å². The van der Waals surface area contributed by atoms with Crippen molar-refractivity contribution >= 4 is 16.7 Å². The normalized spacial score (nSPS) is 27.3. The maximum atomic E-state index is 14.3. The summed E-state index contributed by atoms with van der Waals surface area (Å²) < 4.78 is 49.0. The monoisotopic (exact) mass is 491 g/mol. The van der Waals surface area contributed by atoms with Crippen molar-refractivity contribution in [2.24, 2.45) is 17.3 Å². The van der Waals surface area contributed by atoms with Crippen LogP contribution < -0.4 is 10.1 Å². The summed E-state index contributed by atoms with van der Waals surface area (Å²) in [6.07, 6.45) is 0.408. The highest BCUT2D eigenvalue weighted by Crippen LogP contribution is 2.47. The number of ether oxygens (including phenoxy) is 1. The van der Waals surface area contributed by atoms with Crippen molar-refractivity contribution in [3.8, 4) is 5.75 Å². The van der Waals surface area contributed by atoms with Gasteiger partial charge in [0.1, 0.15) is 11.3 Å². The molecule has 35 heavy (non-hydrogen) atoms. The number of aliphatic carboxylic acids is 1. The Morgan fingerprint density at radius 3 is 2.40 bits per heavy atom. The summed E-state index contributed by atoms with van der Waals surface area (Å²) in [5, 5.41) is 13.5. The van der Waals surface area contributed by atoms with E-state index in [9.17, 15) is 23.1 Å². The highest BCUT2D eigenvalue weighted by atomic mass is 19.4. The van der Waals surface area contributed by atoms with Crippen molar-refractivity contribution in [1.82, 2.24) is 5.32 Å². The van der Waals surface area contributed by atoms with Gasteiger partial charge in [-0.3, -0.25) is 4.79 Å². The standard InChI is InChI=1S/C28H36F3NO3/c1-5-17-6-11-20(12-7-17)35-23-13-10-18-8-9-19(14-21(18)25(23)28(29,30)31)16(2)32-24-15-22(26(33)34)27(24,3)4/h8-10,13-14,16-17,20,22,24,32H,5-7,11-12,15H2,1-4H3,(H,33,34)/t16-,17?,20?,22+,24?/m1/s1. The van der Waals surface area contributed by atoms with E-state index in [1.165, 1.54) is 6.07 Å². The lowest BCUT2D eigenvalue weighted by atomic mass is 9.58. The number of carbonyl (C=O) groups is 1. The van der Waals surface area contributed by atoms with Crippen LogP contribution in [0, 0.1) is 17.3 Å². The molecule has 2 saturated carbocycles. The Kier molecular flexibility index (Phi) is 7.11. The van der Waals surface area contributed by atoms with Crippen LogP contribution >= 0.6 is 0 Å². The predicted octanol–water partition coefficient (Wildman–Crippen LogP) is 7.36. The van der Waals surface area contributed by atoms with Crippen molar-refractivity contribution in [2.75, 3.05) is 0 Å². The number of hydrogen-bond acceptors (Lipinski definition) is 3. The van der Waals surface area contributed by atoms with Gasteiger partial charge in [-0.25, -0.2) is 0 Å². The number of carboxylic acid groups (broad SMARTS) is 1. The number of alkyl halides is 3. The lowest BCUT2D eigenvalue weighted by Gasteiger charge is -2.51. The number of halogens is 3. The number of fused-ring (bicyclic) bond motifs is 1. The SMILES string of the molecule is CCC1CCC(Oc2ccc3ccc([C@@H](C)NC4C[C@@H](C(=O)O)C4(C)C)cc3c2C(F)(F)F)CC1. The summed E-state index contributed by atoms with van der Waals surface area (Å²) in [7, 11) is 0. The molecule has 2 aromatic carbocycles. The number of rotatable bonds is 7. The smallest absolute Gasteiger partial charge is 0.420 e. The number of nitrogens with one attached hydrogen (secondary N) is 1. The van der Waals surface area contributed by atoms with Gasteiger partial charge in [0.25, 0.3) is 0 Å². The third-order valence-corrected chi connectivity index (χ3v) is 8.47. The van der Waals surface area contributed by atoms with Crippen LogP contribution in [-0.4, -0.2) is 23.2 Å². The van der Waals surface area contributed by atoms with Gasteiger partial charge in [-0.1, -0.05) is 45.4 Å². The van der Waals surface area contributed by atoms with E-state index >= 15 is 0 Å². The quantitative estimate of drug-likeness (QED) is 0.425. The Bertz CT molecular complexity index is 1070. The lowest BCUT2D eigenvalue weighted by molar-refractivity contribution is -0.155. The fourth-order valence-electron chi connectivity index (χ4n) is 5.84. The molecule has 192 valence electrons. The largest absolute Gasteiger partial charge is 0.490 e. The first kappa shape index (κ1) is 25.8. The fourth-order valence-corrected chi connectivity index (χ4v) is 5.84. The van der Waals surface area contributed by atoms with Crippen LogP contribution in [-0.2, 0) is 11.0 Å². The second-order valence-electron chi connectivity index (χ2n) is 11.0. The van der Waals surface area contributed by atoms with Crippen molar-refractivity contribution in [3.05, 3.63) is 41.5 Å². The van der Waals surface area contributed by atoms with Crippen LogP contribution in [0.15, 0.2) is 30.3 Å². The Balaban J connectivity index is 1.60. The molecule has 2 aromatic rings. The fraction of sp³-hybridized carbons (Fsp3) is 0.607. The Hall–Kier alpha value is -2.28. The van der Waals surface area contributed by atoms with Crippen LogP contribution in [0.5, 0.6) is 5.75 Å². The zero-order valence-corrected chi connectivity index (χ0v) is 20.9. The van der Waals surface area contributed by atoms with Crippen LogP contribution in [0.3, 0.4) is 0 Å². The van der Waals surface area contributed by atoms with E-state index in [1.54, 1.807) is 18.2 Å². The Morgan fingerprint density at radius 2 is 1.83 bits per heavy atom. The molecule has 4 rings (SSSR count). The first-order valence-electron chi connectivity index (χ1n) is 12.7. The minimum absolute atomic E-state index is 0.0238. The van der Waals surface area contributed by atoms with Gasteiger partial charge in [0, 0.05) is 12.1 Å². The van der Waals surface area contributed by atoms with Crippen molar-refractivity contribution < 1.29 is 27.8 Å². The molecule has 3 atom stereocenters. The second-order valence-corrected chi connectivity index (χ2v) is 11.0. The zero-order chi connectivity index (χ0) is 25.5. The third-order valence-electron chi connectivity index (χ3n) is 8.47. The molecule has 0 aliphatic heterocycles. The lowest BCUT2D eigenvalue weighted by Crippen LogP contribution is -2.59. The predicted molar refractivity (Wildman–Crippen MR) is 130 cm³/mol. The summed E-state index contributed by atoms with van der Waals surface area (Å²) in [6.45, 7) is 7.89. The summed E-state index contributed by atoms with van der Waals surface area (Å²) in [5.74, 6) is -0.687. The molecule has 4 nitrogen and oxygen atoms in total. The molecule has 2 N–H and O–H groups in total. The topological polar surface area (TPSA) is 58.6 Å². The van der Waals surface area contributed by atoms with Gasteiger partial charge in [-0.05, 0) is 78.8 Å². The molecule has 2 fully saturated rings. The van der Waals surface area contributed by atoms with Crippen molar-refractivity contribution in [1.29, 1.82) is 0 Å². The van der Waals surface area contributed by atoms with Gasteiger partial charge < -0.3 is 15.2 Å². The molecular weight excluding hydrogens is 455 g/mol. The first-order chi connectivity index (χ1) is 16.4. The molecule has 0 radical (unpaired) electrons. The molecule has 0 saturated heterocycles. The zero-order valence-electron chi connectivity index (χ0n) is 20.9. The molecule has 0 amide bonds.